The molecular formula is C11H25N. The Labute approximate surface area is 77.9 Å². The molecule has 0 aromatic rings. The Kier molecular flexibility index (Phi) is 7.58. The van der Waals surface area contributed by atoms with Crippen LogP contribution in [-0.2, 0) is 0 Å². The first-order valence-electron chi connectivity index (χ1n) is 5.45. The Bertz CT molecular complexity index is 71.0. The van der Waals surface area contributed by atoms with Gasteiger partial charge in [-0.25, -0.2) is 0 Å². The normalized spacial score (nSPS) is 13.8. The Morgan fingerprint density at radius 2 is 1.50 bits per heavy atom. The average Bonchev–Trinajstić information content (AvgIpc) is 2.13. The molecule has 0 aromatic carbocycles. The zero-order chi connectivity index (χ0) is 9.40. The second kappa shape index (κ2) is 7.60. The van der Waals surface area contributed by atoms with Crippen molar-refractivity contribution in [2.24, 2.45) is 5.92 Å². The first kappa shape index (κ1) is 12.0. The van der Waals surface area contributed by atoms with Gasteiger partial charge in [0.2, 0.25) is 0 Å². The van der Waals surface area contributed by atoms with Gasteiger partial charge in [0.05, 0.1) is 0 Å². The highest BCUT2D eigenvalue weighted by Gasteiger charge is 2.07. The van der Waals surface area contributed by atoms with E-state index in [-0.39, 0.29) is 0 Å². The molecule has 0 aromatic heterocycles. The van der Waals surface area contributed by atoms with Gasteiger partial charge in [0, 0.05) is 6.04 Å². The van der Waals surface area contributed by atoms with E-state index in [9.17, 15) is 0 Å². The van der Waals surface area contributed by atoms with Crippen molar-refractivity contribution < 1.29 is 0 Å². The fraction of sp³-hybridized carbons (Fsp3) is 1.00. The van der Waals surface area contributed by atoms with E-state index < -0.39 is 0 Å². The maximum absolute atomic E-state index is 3.36. The Balaban J connectivity index is 3.49. The number of hydrogen-bond donors (Lipinski definition) is 1. The minimum atomic E-state index is 0.741. The predicted molar refractivity (Wildman–Crippen MR) is 56.4 cm³/mol. The third-order valence-corrected chi connectivity index (χ3v) is 2.98. The lowest BCUT2D eigenvalue weighted by molar-refractivity contribution is 0.391. The highest BCUT2D eigenvalue weighted by Crippen LogP contribution is 2.16. The standard InChI is InChI=1S/C11H25N/c1-5-10(6-2)8-9-11(7-3)12-4/h10-12H,5-9H2,1-4H3. The third-order valence-electron chi connectivity index (χ3n) is 2.98. The summed E-state index contributed by atoms with van der Waals surface area (Å²) < 4.78 is 0. The van der Waals surface area contributed by atoms with Crippen LogP contribution in [0.25, 0.3) is 0 Å². The van der Waals surface area contributed by atoms with E-state index in [1.54, 1.807) is 0 Å². The lowest BCUT2D eigenvalue weighted by atomic mass is 9.94. The summed E-state index contributed by atoms with van der Waals surface area (Å²) in [6.45, 7) is 6.86. The van der Waals surface area contributed by atoms with Crippen LogP contribution in [0.15, 0.2) is 0 Å². The van der Waals surface area contributed by atoms with Crippen molar-refractivity contribution in [3.63, 3.8) is 0 Å². The van der Waals surface area contributed by atoms with Crippen LogP contribution in [0.4, 0.5) is 0 Å². The monoisotopic (exact) mass is 171 g/mol. The largest absolute Gasteiger partial charge is 0.317 e. The summed E-state index contributed by atoms with van der Waals surface area (Å²) in [6.07, 6.45) is 6.69. The number of hydrogen-bond acceptors (Lipinski definition) is 1. The molecule has 0 aliphatic rings. The summed E-state index contributed by atoms with van der Waals surface area (Å²) in [5.41, 5.74) is 0. The van der Waals surface area contributed by atoms with Crippen LogP contribution in [0.1, 0.15) is 52.9 Å². The molecule has 0 bridgehead atoms. The zero-order valence-corrected chi connectivity index (χ0v) is 9.19. The van der Waals surface area contributed by atoms with Crippen molar-refractivity contribution in [3.8, 4) is 0 Å². The van der Waals surface area contributed by atoms with E-state index in [1.807, 2.05) is 0 Å². The molecule has 0 aliphatic carbocycles. The molecular weight excluding hydrogens is 146 g/mol. The molecule has 0 amide bonds. The molecule has 0 radical (unpaired) electrons. The van der Waals surface area contributed by atoms with E-state index in [2.05, 4.69) is 33.1 Å². The quantitative estimate of drug-likeness (QED) is 0.620. The van der Waals surface area contributed by atoms with Gasteiger partial charge in [-0.1, -0.05) is 33.6 Å². The molecule has 12 heavy (non-hydrogen) atoms. The fourth-order valence-corrected chi connectivity index (χ4v) is 1.69. The molecule has 0 saturated carbocycles. The summed E-state index contributed by atoms with van der Waals surface area (Å²) in [7, 11) is 2.07. The van der Waals surface area contributed by atoms with Gasteiger partial charge in [0.15, 0.2) is 0 Å². The molecule has 1 unspecified atom stereocenters. The van der Waals surface area contributed by atoms with Crippen molar-refractivity contribution in [2.45, 2.75) is 58.9 Å². The van der Waals surface area contributed by atoms with Gasteiger partial charge < -0.3 is 5.32 Å². The van der Waals surface area contributed by atoms with Crippen molar-refractivity contribution in [1.29, 1.82) is 0 Å². The number of rotatable bonds is 7. The van der Waals surface area contributed by atoms with Gasteiger partial charge in [-0.3, -0.25) is 0 Å². The van der Waals surface area contributed by atoms with Gasteiger partial charge in [0.1, 0.15) is 0 Å². The van der Waals surface area contributed by atoms with Gasteiger partial charge in [0.25, 0.3) is 0 Å². The van der Waals surface area contributed by atoms with Crippen LogP contribution < -0.4 is 5.32 Å². The van der Waals surface area contributed by atoms with Crippen LogP contribution in [0.2, 0.25) is 0 Å². The highest BCUT2D eigenvalue weighted by molar-refractivity contribution is 4.65. The minimum Gasteiger partial charge on any atom is -0.317 e. The molecule has 1 nitrogen and oxygen atoms in total. The van der Waals surface area contributed by atoms with Crippen molar-refractivity contribution in [3.05, 3.63) is 0 Å². The molecule has 1 heteroatoms. The van der Waals surface area contributed by atoms with Crippen LogP contribution in [0.5, 0.6) is 0 Å². The van der Waals surface area contributed by atoms with E-state index in [0.29, 0.717) is 0 Å². The minimum absolute atomic E-state index is 0.741. The topological polar surface area (TPSA) is 12.0 Å². The van der Waals surface area contributed by atoms with E-state index in [4.69, 9.17) is 0 Å². The van der Waals surface area contributed by atoms with Gasteiger partial charge in [-0.05, 0) is 32.2 Å². The molecule has 1 N–H and O–H groups in total. The summed E-state index contributed by atoms with van der Waals surface area (Å²) in [5.74, 6) is 0.951. The SMILES string of the molecule is CCC(CC)CCC(CC)NC. The van der Waals surface area contributed by atoms with Crippen molar-refractivity contribution >= 4 is 0 Å². The molecule has 0 spiro atoms. The first-order valence-corrected chi connectivity index (χ1v) is 5.45. The summed E-state index contributed by atoms with van der Waals surface area (Å²) in [4.78, 5) is 0. The van der Waals surface area contributed by atoms with Gasteiger partial charge in [-0.2, -0.15) is 0 Å². The van der Waals surface area contributed by atoms with E-state index in [0.717, 1.165) is 12.0 Å². The Hall–Kier alpha value is -0.0400. The summed E-state index contributed by atoms with van der Waals surface area (Å²) >= 11 is 0. The second-order valence-corrected chi connectivity index (χ2v) is 3.65. The molecule has 0 fully saturated rings. The van der Waals surface area contributed by atoms with E-state index >= 15 is 0 Å². The van der Waals surface area contributed by atoms with Crippen molar-refractivity contribution in [1.82, 2.24) is 5.32 Å². The van der Waals surface area contributed by atoms with Gasteiger partial charge in [-0.15, -0.1) is 0 Å². The first-order chi connectivity index (χ1) is 5.78. The van der Waals surface area contributed by atoms with Crippen LogP contribution in [0.3, 0.4) is 0 Å². The van der Waals surface area contributed by atoms with Crippen molar-refractivity contribution in [2.75, 3.05) is 7.05 Å². The predicted octanol–water partition coefficient (Wildman–Crippen LogP) is 3.20. The molecule has 0 heterocycles. The average molecular weight is 171 g/mol. The number of nitrogens with one attached hydrogen (secondary N) is 1. The maximum Gasteiger partial charge on any atom is 0.00615 e. The molecule has 1 atom stereocenters. The Morgan fingerprint density at radius 3 is 1.83 bits per heavy atom. The Morgan fingerprint density at radius 1 is 0.917 bits per heavy atom. The molecule has 0 rings (SSSR count). The summed E-state index contributed by atoms with van der Waals surface area (Å²) in [6, 6.07) is 0.741. The lowest BCUT2D eigenvalue weighted by Gasteiger charge is -2.17. The zero-order valence-electron chi connectivity index (χ0n) is 9.19. The molecule has 74 valence electrons. The van der Waals surface area contributed by atoms with Crippen LogP contribution in [0, 0.1) is 5.92 Å². The highest BCUT2D eigenvalue weighted by atomic mass is 14.9. The lowest BCUT2D eigenvalue weighted by Crippen LogP contribution is -2.24. The van der Waals surface area contributed by atoms with Crippen LogP contribution in [-0.4, -0.2) is 13.1 Å². The molecule has 0 saturated heterocycles. The van der Waals surface area contributed by atoms with E-state index in [1.165, 1.54) is 32.1 Å². The summed E-state index contributed by atoms with van der Waals surface area (Å²) in [5, 5.41) is 3.36. The fourth-order valence-electron chi connectivity index (χ4n) is 1.69. The molecule has 0 aliphatic heterocycles. The third kappa shape index (κ3) is 4.76. The van der Waals surface area contributed by atoms with Gasteiger partial charge >= 0.3 is 0 Å². The smallest absolute Gasteiger partial charge is 0.00615 e. The maximum atomic E-state index is 3.36. The second-order valence-electron chi connectivity index (χ2n) is 3.65. The van der Waals surface area contributed by atoms with Crippen LogP contribution >= 0.6 is 0 Å².